The van der Waals surface area contributed by atoms with Crippen molar-refractivity contribution in [1.82, 2.24) is 10.4 Å². The van der Waals surface area contributed by atoms with Crippen LogP contribution >= 0.6 is 22.6 Å². The van der Waals surface area contributed by atoms with E-state index in [4.69, 9.17) is 18.9 Å². The quantitative estimate of drug-likeness (QED) is 0.255. The van der Waals surface area contributed by atoms with Gasteiger partial charge in [-0.15, -0.1) is 0 Å². The number of benzene rings is 4. The summed E-state index contributed by atoms with van der Waals surface area (Å²) in [5.74, 6) is 1.51. The Labute approximate surface area is 244 Å². The molecule has 0 aliphatic carbocycles. The summed E-state index contributed by atoms with van der Waals surface area (Å²) in [5, 5.41) is 4.72. The average molecular weight is 649 g/mol. The van der Waals surface area contributed by atoms with Gasteiger partial charge >= 0.3 is 0 Å². The van der Waals surface area contributed by atoms with Gasteiger partial charge in [0, 0.05) is 20.4 Å². The Morgan fingerprint density at radius 2 is 1.88 bits per heavy atom. The van der Waals surface area contributed by atoms with E-state index < -0.39 is 12.1 Å². The number of anilines is 1. The summed E-state index contributed by atoms with van der Waals surface area (Å²) in [4.78, 5) is 27.2. The SMILES string of the molecule is COc1cccc(COc2ccccc2[C@H]2Nc3ccc(I)cc3C(=O)N2NC(=O)c2ccc3c(c2)OCO3)c1. The first-order chi connectivity index (χ1) is 19.5. The van der Waals surface area contributed by atoms with Gasteiger partial charge in [-0.3, -0.25) is 15.0 Å². The van der Waals surface area contributed by atoms with Crippen LogP contribution < -0.4 is 29.7 Å². The van der Waals surface area contributed by atoms with E-state index in [1.807, 2.05) is 60.7 Å². The zero-order valence-corrected chi connectivity index (χ0v) is 23.5. The van der Waals surface area contributed by atoms with Crippen molar-refractivity contribution < 1.29 is 28.5 Å². The summed E-state index contributed by atoms with van der Waals surface area (Å²) >= 11 is 2.16. The maximum atomic E-state index is 13.8. The summed E-state index contributed by atoms with van der Waals surface area (Å²) in [6, 6.07) is 25.5. The highest BCUT2D eigenvalue weighted by Gasteiger charge is 2.36. The largest absolute Gasteiger partial charge is 0.497 e. The molecule has 2 N–H and O–H groups in total. The highest BCUT2D eigenvalue weighted by molar-refractivity contribution is 14.1. The van der Waals surface area contributed by atoms with E-state index in [1.54, 1.807) is 31.4 Å². The van der Waals surface area contributed by atoms with Gasteiger partial charge < -0.3 is 24.3 Å². The summed E-state index contributed by atoms with van der Waals surface area (Å²) in [6.07, 6.45) is -0.750. The van der Waals surface area contributed by atoms with Crippen LogP contribution in [0.5, 0.6) is 23.0 Å². The zero-order valence-electron chi connectivity index (χ0n) is 21.3. The minimum Gasteiger partial charge on any atom is -0.497 e. The molecular formula is C30H24IN3O6. The van der Waals surface area contributed by atoms with E-state index in [0.717, 1.165) is 14.9 Å². The molecule has 6 rings (SSSR count). The molecule has 0 bridgehead atoms. The molecule has 2 heterocycles. The van der Waals surface area contributed by atoms with Gasteiger partial charge in [0.1, 0.15) is 18.1 Å². The van der Waals surface area contributed by atoms with Crippen LogP contribution in [0.4, 0.5) is 5.69 Å². The Kier molecular flexibility index (Phi) is 7.08. The highest BCUT2D eigenvalue weighted by Crippen LogP contribution is 2.37. The van der Waals surface area contributed by atoms with Crippen molar-refractivity contribution in [3.8, 4) is 23.0 Å². The van der Waals surface area contributed by atoms with E-state index in [-0.39, 0.29) is 19.3 Å². The average Bonchev–Trinajstić information content (AvgIpc) is 3.46. The smallest absolute Gasteiger partial charge is 0.276 e. The van der Waals surface area contributed by atoms with Gasteiger partial charge in [-0.25, -0.2) is 5.01 Å². The molecule has 2 aliphatic heterocycles. The van der Waals surface area contributed by atoms with Crippen molar-refractivity contribution in [2.24, 2.45) is 0 Å². The topological polar surface area (TPSA) is 98.4 Å². The number of hydrogen-bond donors (Lipinski definition) is 2. The zero-order chi connectivity index (χ0) is 27.6. The third-order valence-electron chi connectivity index (χ3n) is 6.58. The van der Waals surface area contributed by atoms with Crippen molar-refractivity contribution in [2.45, 2.75) is 12.8 Å². The van der Waals surface area contributed by atoms with Crippen molar-refractivity contribution in [2.75, 3.05) is 19.2 Å². The van der Waals surface area contributed by atoms with Gasteiger partial charge in [0.2, 0.25) is 6.79 Å². The van der Waals surface area contributed by atoms with Gasteiger partial charge in [0.15, 0.2) is 17.7 Å². The molecule has 1 atom stereocenters. The highest BCUT2D eigenvalue weighted by atomic mass is 127. The Morgan fingerprint density at radius 1 is 1.02 bits per heavy atom. The fourth-order valence-corrected chi connectivity index (χ4v) is 5.07. The molecule has 9 nitrogen and oxygen atoms in total. The number of halogens is 1. The number of ether oxygens (including phenoxy) is 4. The predicted molar refractivity (Wildman–Crippen MR) is 155 cm³/mol. The summed E-state index contributed by atoms with van der Waals surface area (Å²) < 4.78 is 23.2. The second-order valence-corrected chi connectivity index (χ2v) is 10.3. The molecule has 0 fully saturated rings. The number of hydrazine groups is 1. The summed E-state index contributed by atoms with van der Waals surface area (Å²) in [6.45, 7) is 0.381. The molecule has 0 spiro atoms. The molecular weight excluding hydrogens is 625 g/mol. The molecule has 0 radical (unpaired) electrons. The maximum Gasteiger partial charge on any atom is 0.276 e. The summed E-state index contributed by atoms with van der Waals surface area (Å²) in [5.41, 5.74) is 5.85. The first-order valence-corrected chi connectivity index (χ1v) is 13.5. The number of nitrogens with one attached hydrogen (secondary N) is 2. The van der Waals surface area contributed by atoms with Crippen molar-refractivity contribution in [1.29, 1.82) is 0 Å². The molecule has 0 unspecified atom stereocenters. The Morgan fingerprint density at radius 3 is 2.75 bits per heavy atom. The van der Waals surface area contributed by atoms with E-state index in [0.29, 0.717) is 39.6 Å². The number of carbonyl (C=O) groups excluding carboxylic acids is 2. The van der Waals surface area contributed by atoms with E-state index in [1.165, 1.54) is 5.01 Å². The molecule has 202 valence electrons. The molecule has 0 saturated heterocycles. The fraction of sp³-hybridized carbons (Fsp3) is 0.133. The normalized spacial score (nSPS) is 15.2. The third kappa shape index (κ3) is 5.09. The van der Waals surface area contributed by atoms with Gasteiger partial charge in [0.25, 0.3) is 11.8 Å². The van der Waals surface area contributed by atoms with Crippen LogP contribution in [0, 0.1) is 3.57 Å². The Balaban J connectivity index is 1.33. The lowest BCUT2D eigenvalue weighted by Crippen LogP contribution is -2.53. The number of methoxy groups -OCH3 is 1. The molecule has 4 aromatic rings. The molecule has 2 aliphatic rings. The number of hydrogen-bond acceptors (Lipinski definition) is 7. The van der Waals surface area contributed by atoms with Crippen LogP contribution in [0.3, 0.4) is 0 Å². The van der Waals surface area contributed by atoms with Crippen LogP contribution in [0.1, 0.15) is 38.0 Å². The van der Waals surface area contributed by atoms with Crippen LogP contribution in [0.2, 0.25) is 0 Å². The molecule has 2 amide bonds. The van der Waals surface area contributed by atoms with Crippen molar-refractivity contribution >= 4 is 40.1 Å². The Hall–Kier alpha value is -4.45. The van der Waals surface area contributed by atoms with Crippen LogP contribution in [-0.4, -0.2) is 30.7 Å². The maximum absolute atomic E-state index is 13.8. The van der Waals surface area contributed by atoms with E-state index in [2.05, 4.69) is 33.3 Å². The second kappa shape index (κ2) is 11.0. The minimum atomic E-state index is -0.750. The first kappa shape index (κ1) is 25.8. The van der Waals surface area contributed by atoms with Crippen molar-refractivity contribution in [3.63, 3.8) is 0 Å². The number of carbonyl (C=O) groups is 2. The van der Waals surface area contributed by atoms with Crippen LogP contribution in [0.15, 0.2) is 84.9 Å². The van der Waals surface area contributed by atoms with E-state index >= 15 is 0 Å². The van der Waals surface area contributed by atoms with Gasteiger partial charge in [-0.1, -0.05) is 30.3 Å². The molecule has 4 aromatic carbocycles. The predicted octanol–water partition coefficient (Wildman–Crippen LogP) is 5.52. The third-order valence-corrected chi connectivity index (χ3v) is 7.25. The summed E-state index contributed by atoms with van der Waals surface area (Å²) in [7, 11) is 1.62. The lowest BCUT2D eigenvalue weighted by Gasteiger charge is -2.38. The molecule has 0 aromatic heterocycles. The van der Waals surface area contributed by atoms with Crippen LogP contribution in [0.25, 0.3) is 0 Å². The van der Waals surface area contributed by atoms with Crippen molar-refractivity contribution in [3.05, 3.63) is 111 Å². The van der Waals surface area contributed by atoms with Gasteiger partial charge in [-0.05, 0) is 82.8 Å². The standard InChI is InChI=1S/C30H24IN3O6/c1-37-21-6-4-5-18(13-21)16-38-25-8-3-2-7-22(25)28-32-24-11-10-20(31)15-23(24)30(36)34(28)33-29(35)19-9-12-26-27(14-19)40-17-39-26/h2-15,28,32H,16-17H2,1H3,(H,33,35)/t28-/m0/s1. The van der Waals surface area contributed by atoms with E-state index in [9.17, 15) is 9.59 Å². The number of nitrogens with zero attached hydrogens (tertiary/aromatic N) is 1. The lowest BCUT2D eigenvalue weighted by molar-refractivity contribution is 0.0487. The van der Waals surface area contributed by atoms with Crippen LogP contribution in [-0.2, 0) is 6.61 Å². The number of fused-ring (bicyclic) bond motifs is 2. The molecule has 0 saturated carbocycles. The second-order valence-electron chi connectivity index (χ2n) is 9.10. The van der Waals surface area contributed by atoms with Gasteiger partial charge in [0.05, 0.1) is 12.7 Å². The lowest BCUT2D eigenvalue weighted by atomic mass is 10.0. The first-order valence-electron chi connectivity index (χ1n) is 12.4. The minimum absolute atomic E-state index is 0.0962. The van der Waals surface area contributed by atoms with Gasteiger partial charge in [-0.2, -0.15) is 0 Å². The number of rotatable bonds is 7. The number of para-hydroxylation sites is 1. The Bertz CT molecular complexity index is 1610. The monoisotopic (exact) mass is 649 g/mol. The molecule has 10 heteroatoms. The number of amides is 2. The fourth-order valence-electron chi connectivity index (χ4n) is 4.58. The molecule has 40 heavy (non-hydrogen) atoms.